The number of rotatable bonds is 7. The van der Waals surface area contributed by atoms with Gasteiger partial charge in [-0.3, -0.25) is 4.90 Å². The Hall–Kier alpha value is -1.94. The van der Waals surface area contributed by atoms with E-state index in [2.05, 4.69) is 15.1 Å². The van der Waals surface area contributed by atoms with Gasteiger partial charge in [0, 0.05) is 31.0 Å². The summed E-state index contributed by atoms with van der Waals surface area (Å²) in [7, 11) is 3.26. The second kappa shape index (κ2) is 9.25. The van der Waals surface area contributed by atoms with Crippen molar-refractivity contribution in [1.29, 1.82) is 0 Å². The minimum Gasteiger partial charge on any atom is -0.493 e. The van der Waals surface area contributed by atoms with Crippen molar-refractivity contribution in [1.82, 2.24) is 20.1 Å². The van der Waals surface area contributed by atoms with Crippen molar-refractivity contribution in [2.45, 2.75) is 11.9 Å². The van der Waals surface area contributed by atoms with E-state index in [1.807, 2.05) is 25.1 Å². The molecule has 154 valence electrons. The van der Waals surface area contributed by atoms with E-state index in [0.717, 1.165) is 70.1 Å². The van der Waals surface area contributed by atoms with E-state index in [1.165, 1.54) is 0 Å². The van der Waals surface area contributed by atoms with Gasteiger partial charge in [0.05, 0.1) is 37.1 Å². The standard InChI is InChI=1S/C20H24N4O3S2/c1-13-21-18-19(29-13)17(14-4-5-15(25-2)16(12-14)26-3)22-23-20(18)28-11-8-24-6-9-27-10-7-24/h4-5,12H,6-11H2,1-3H3. The molecule has 29 heavy (non-hydrogen) atoms. The SMILES string of the molecule is COc1ccc(-c2nnc(SCCN3CCOCC3)c3nc(C)sc23)cc1OC. The van der Waals surface area contributed by atoms with E-state index in [1.54, 1.807) is 37.3 Å². The maximum Gasteiger partial charge on any atom is 0.161 e. The largest absolute Gasteiger partial charge is 0.493 e. The minimum atomic E-state index is 0.671. The van der Waals surface area contributed by atoms with Gasteiger partial charge in [-0.2, -0.15) is 0 Å². The van der Waals surface area contributed by atoms with Gasteiger partial charge in [-0.1, -0.05) is 0 Å². The fourth-order valence-electron chi connectivity index (χ4n) is 3.29. The fourth-order valence-corrected chi connectivity index (χ4v) is 5.20. The lowest BCUT2D eigenvalue weighted by molar-refractivity contribution is 0.0410. The molecule has 0 atom stereocenters. The van der Waals surface area contributed by atoms with Gasteiger partial charge in [0.15, 0.2) is 11.5 Å². The molecule has 0 saturated carbocycles. The fraction of sp³-hybridized carbons (Fsp3) is 0.450. The van der Waals surface area contributed by atoms with E-state index in [4.69, 9.17) is 19.2 Å². The third-order valence-electron chi connectivity index (χ3n) is 4.80. The van der Waals surface area contributed by atoms with Gasteiger partial charge in [0.2, 0.25) is 0 Å². The Kier molecular flexibility index (Phi) is 6.49. The van der Waals surface area contributed by atoms with Crippen LogP contribution in [0.3, 0.4) is 0 Å². The highest BCUT2D eigenvalue weighted by Crippen LogP contribution is 2.38. The number of benzene rings is 1. The van der Waals surface area contributed by atoms with Crippen LogP contribution in [0, 0.1) is 6.92 Å². The highest BCUT2D eigenvalue weighted by atomic mass is 32.2. The number of morpholine rings is 1. The lowest BCUT2D eigenvalue weighted by atomic mass is 10.1. The predicted octanol–water partition coefficient (Wildman–Crippen LogP) is 3.50. The highest BCUT2D eigenvalue weighted by Gasteiger charge is 2.18. The molecule has 1 aliphatic rings. The zero-order valence-corrected chi connectivity index (χ0v) is 18.4. The van der Waals surface area contributed by atoms with Crippen LogP contribution in [0.5, 0.6) is 11.5 Å². The first-order valence-corrected chi connectivity index (χ1v) is 11.3. The molecule has 1 aliphatic heterocycles. The van der Waals surface area contributed by atoms with Gasteiger partial charge in [0.25, 0.3) is 0 Å². The van der Waals surface area contributed by atoms with E-state index < -0.39 is 0 Å². The first kappa shape index (κ1) is 20.3. The van der Waals surface area contributed by atoms with Crippen LogP contribution in [0.25, 0.3) is 21.5 Å². The van der Waals surface area contributed by atoms with Crippen molar-refractivity contribution >= 4 is 33.3 Å². The van der Waals surface area contributed by atoms with Crippen molar-refractivity contribution in [2.75, 3.05) is 52.8 Å². The number of hydrogen-bond donors (Lipinski definition) is 0. The van der Waals surface area contributed by atoms with Crippen LogP contribution in [0.1, 0.15) is 5.01 Å². The number of methoxy groups -OCH3 is 2. The van der Waals surface area contributed by atoms with E-state index in [0.29, 0.717) is 11.5 Å². The van der Waals surface area contributed by atoms with Gasteiger partial charge in [-0.25, -0.2) is 4.98 Å². The van der Waals surface area contributed by atoms with Crippen LogP contribution >= 0.6 is 23.1 Å². The molecule has 0 amide bonds. The van der Waals surface area contributed by atoms with Crippen molar-refractivity contribution < 1.29 is 14.2 Å². The maximum absolute atomic E-state index is 5.45. The normalized spacial score (nSPS) is 15.0. The van der Waals surface area contributed by atoms with E-state index >= 15 is 0 Å². The lowest BCUT2D eigenvalue weighted by Gasteiger charge is -2.26. The molecule has 0 aliphatic carbocycles. The summed E-state index contributed by atoms with van der Waals surface area (Å²) in [5.41, 5.74) is 2.69. The van der Waals surface area contributed by atoms with E-state index in [-0.39, 0.29) is 0 Å². The molecule has 3 heterocycles. The first-order chi connectivity index (χ1) is 14.2. The number of thiazole rings is 1. The summed E-state index contributed by atoms with van der Waals surface area (Å²) in [6.07, 6.45) is 0. The van der Waals surface area contributed by atoms with Crippen LogP contribution in [-0.4, -0.2) is 72.9 Å². The van der Waals surface area contributed by atoms with Crippen molar-refractivity contribution in [3.8, 4) is 22.8 Å². The molecule has 7 nitrogen and oxygen atoms in total. The van der Waals surface area contributed by atoms with Gasteiger partial charge in [-0.15, -0.1) is 33.3 Å². The Morgan fingerprint density at radius 3 is 2.69 bits per heavy atom. The Morgan fingerprint density at radius 2 is 1.93 bits per heavy atom. The number of thioether (sulfide) groups is 1. The van der Waals surface area contributed by atoms with Crippen LogP contribution < -0.4 is 9.47 Å². The van der Waals surface area contributed by atoms with E-state index in [9.17, 15) is 0 Å². The number of ether oxygens (including phenoxy) is 3. The lowest BCUT2D eigenvalue weighted by Crippen LogP contribution is -2.37. The molecule has 2 aromatic heterocycles. The zero-order chi connectivity index (χ0) is 20.2. The number of aromatic nitrogens is 3. The minimum absolute atomic E-state index is 0.671. The summed E-state index contributed by atoms with van der Waals surface area (Å²) in [4.78, 5) is 7.17. The summed E-state index contributed by atoms with van der Waals surface area (Å²) in [5, 5.41) is 11.0. The number of aryl methyl sites for hydroxylation is 1. The summed E-state index contributed by atoms with van der Waals surface area (Å²) < 4.78 is 17.3. The third-order valence-corrected chi connectivity index (χ3v) is 6.71. The number of hydrogen-bond acceptors (Lipinski definition) is 9. The van der Waals surface area contributed by atoms with Crippen molar-refractivity contribution in [3.05, 3.63) is 23.2 Å². The second-order valence-corrected chi connectivity index (χ2v) is 8.92. The van der Waals surface area contributed by atoms with Gasteiger partial charge < -0.3 is 14.2 Å². The Morgan fingerprint density at radius 1 is 1.14 bits per heavy atom. The predicted molar refractivity (Wildman–Crippen MR) is 116 cm³/mol. The Labute approximate surface area is 178 Å². The molecule has 3 aromatic rings. The van der Waals surface area contributed by atoms with Crippen LogP contribution in [-0.2, 0) is 4.74 Å². The van der Waals surface area contributed by atoms with Crippen LogP contribution in [0.4, 0.5) is 0 Å². The van der Waals surface area contributed by atoms with Gasteiger partial charge >= 0.3 is 0 Å². The molecule has 1 fully saturated rings. The molecule has 0 N–H and O–H groups in total. The molecular weight excluding hydrogens is 408 g/mol. The molecule has 4 rings (SSSR count). The average Bonchev–Trinajstić information content (AvgIpc) is 3.15. The molecule has 0 unspecified atom stereocenters. The first-order valence-electron chi connectivity index (χ1n) is 9.48. The number of nitrogens with zero attached hydrogens (tertiary/aromatic N) is 4. The Bertz CT molecular complexity index is 989. The zero-order valence-electron chi connectivity index (χ0n) is 16.8. The molecule has 1 saturated heterocycles. The summed E-state index contributed by atoms with van der Waals surface area (Å²) >= 11 is 3.36. The van der Waals surface area contributed by atoms with Gasteiger partial charge in [0.1, 0.15) is 16.2 Å². The van der Waals surface area contributed by atoms with Crippen molar-refractivity contribution in [3.63, 3.8) is 0 Å². The van der Waals surface area contributed by atoms with Crippen LogP contribution in [0.2, 0.25) is 0 Å². The topological polar surface area (TPSA) is 69.6 Å². The molecule has 0 radical (unpaired) electrons. The monoisotopic (exact) mass is 432 g/mol. The summed E-state index contributed by atoms with van der Waals surface area (Å²) in [5.74, 6) is 2.32. The molecule has 1 aromatic carbocycles. The molecule has 9 heteroatoms. The Balaban J connectivity index is 1.60. The second-order valence-electron chi connectivity index (χ2n) is 6.64. The molecule has 0 bridgehead atoms. The number of fused-ring (bicyclic) bond motifs is 1. The summed E-state index contributed by atoms with van der Waals surface area (Å²) in [6.45, 7) is 6.66. The van der Waals surface area contributed by atoms with Crippen LogP contribution in [0.15, 0.2) is 23.2 Å². The maximum atomic E-state index is 5.45. The highest BCUT2D eigenvalue weighted by molar-refractivity contribution is 7.99. The smallest absolute Gasteiger partial charge is 0.161 e. The van der Waals surface area contributed by atoms with Gasteiger partial charge in [-0.05, 0) is 25.1 Å². The van der Waals surface area contributed by atoms with Crippen molar-refractivity contribution in [2.24, 2.45) is 0 Å². The molecule has 0 spiro atoms. The molecular formula is C20H24N4O3S2. The average molecular weight is 433 g/mol. The quantitative estimate of drug-likeness (QED) is 0.526. The summed E-state index contributed by atoms with van der Waals surface area (Å²) in [6, 6.07) is 5.80. The third kappa shape index (κ3) is 4.48.